The number of nitrogens with zero attached hydrogens (tertiary/aromatic N) is 1. The summed E-state index contributed by atoms with van der Waals surface area (Å²) >= 11 is 5.77. The first-order valence-electron chi connectivity index (χ1n) is 5.12. The fraction of sp³-hybridized carbons (Fsp3) is 0. The van der Waals surface area contributed by atoms with Crippen molar-refractivity contribution in [3.63, 3.8) is 0 Å². The number of carbonyl (C=O) groups is 1. The minimum Gasteiger partial charge on any atom is -0.506 e. The van der Waals surface area contributed by atoms with Gasteiger partial charge in [0, 0.05) is 23.1 Å². The SMILES string of the molecule is O=C(Nc1ccncc1)Nc1cc(Cl)ccc1O. The molecule has 0 saturated heterocycles. The fourth-order valence-corrected chi connectivity index (χ4v) is 1.50. The van der Waals surface area contributed by atoms with E-state index in [9.17, 15) is 9.90 Å². The molecule has 2 aromatic rings. The van der Waals surface area contributed by atoms with Crippen molar-refractivity contribution in [2.24, 2.45) is 0 Å². The molecule has 1 aromatic carbocycles. The van der Waals surface area contributed by atoms with Crippen molar-refractivity contribution in [1.29, 1.82) is 0 Å². The predicted molar refractivity (Wildman–Crippen MR) is 70.0 cm³/mol. The highest BCUT2D eigenvalue weighted by Crippen LogP contribution is 2.26. The molecule has 0 aliphatic rings. The Morgan fingerprint density at radius 1 is 1.17 bits per heavy atom. The van der Waals surface area contributed by atoms with Crippen molar-refractivity contribution in [2.45, 2.75) is 0 Å². The van der Waals surface area contributed by atoms with Gasteiger partial charge in [-0.25, -0.2) is 4.79 Å². The molecule has 2 rings (SSSR count). The molecule has 0 saturated carbocycles. The standard InChI is InChI=1S/C12H10ClN3O2/c13-8-1-2-11(17)10(7-8)16-12(18)15-9-3-5-14-6-4-9/h1-7,17H,(H2,14,15,16,18). The van der Waals surface area contributed by atoms with E-state index in [0.29, 0.717) is 10.7 Å². The van der Waals surface area contributed by atoms with Gasteiger partial charge in [0.1, 0.15) is 5.75 Å². The van der Waals surface area contributed by atoms with E-state index in [0.717, 1.165) is 0 Å². The van der Waals surface area contributed by atoms with Crippen molar-refractivity contribution in [3.05, 3.63) is 47.7 Å². The summed E-state index contributed by atoms with van der Waals surface area (Å²) in [5.41, 5.74) is 0.845. The summed E-state index contributed by atoms with van der Waals surface area (Å²) < 4.78 is 0. The number of pyridine rings is 1. The molecule has 0 aliphatic heterocycles. The highest BCUT2D eigenvalue weighted by atomic mass is 35.5. The maximum Gasteiger partial charge on any atom is 0.323 e. The number of hydrogen-bond donors (Lipinski definition) is 3. The molecular formula is C12H10ClN3O2. The number of urea groups is 1. The third-order valence-corrected chi connectivity index (χ3v) is 2.38. The van der Waals surface area contributed by atoms with Gasteiger partial charge in [-0.2, -0.15) is 0 Å². The van der Waals surface area contributed by atoms with Crippen LogP contribution in [0.1, 0.15) is 0 Å². The van der Waals surface area contributed by atoms with Crippen molar-refractivity contribution < 1.29 is 9.90 Å². The van der Waals surface area contributed by atoms with Crippen LogP contribution >= 0.6 is 11.6 Å². The molecule has 0 atom stereocenters. The van der Waals surface area contributed by atoms with Crippen molar-refractivity contribution in [1.82, 2.24) is 4.98 Å². The molecule has 1 aromatic heterocycles. The molecule has 0 unspecified atom stereocenters. The first-order chi connectivity index (χ1) is 8.65. The molecular weight excluding hydrogens is 254 g/mol. The Hall–Kier alpha value is -2.27. The van der Waals surface area contributed by atoms with Crippen molar-refractivity contribution >= 4 is 29.0 Å². The first kappa shape index (κ1) is 12.2. The quantitative estimate of drug-likeness (QED) is 0.729. The van der Waals surface area contributed by atoms with Gasteiger partial charge in [0.15, 0.2) is 0 Å². The molecule has 92 valence electrons. The number of rotatable bonds is 2. The lowest BCUT2D eigenvalue weighted by atomic mass is 10.3. The number of aromatic nitrogens is 1. The first-order valence-corrected chi connectivity index (χ1v) is 5.49. The Kier molecular flexibility index (Phi) is 3.64. The Balaban J connectivity index is 2.05. The molecule has 5 nitrogen and oxygen atoms in total. The van der Waals surface area contributed by atoms with Crippen LogP contribution in [0.15, 0.2) is 42.7 Å². The average molecular weight is 264 g/mol. The predicted octanol–water partition coefficient (Wildman–Crippen LogP) is 3.08. The number of aromatic hydroxyl groups is 1. The molecule has 0 spiro atoms. The number of amides is 2. The van der Waals surface area contributed by atoms with E-state index in [1.165, 1.54) is 18.2 Å². The number of carbonyl (C=O) groups excluding carboxylic acids is 1. The normalized spacial score (nSPS) is 9.83. The van der Waals surface area contributed by atoms with Gasteiger partial charge < -0.3 is 15.7 Å². The molecule has 6 heteroatoms. The van der Waals surface area contributed by atoms with Crippen LogP contribution in [-0.2, 0) is 0 Å². The van der Waals surface area contributed by atoms with E-state index >= 15 is 0 Å². The third kappa shape index (κ3) is 3.11. The maximum atomic E-state index is 11.6. The summed E-state index contributed by atoms with van der Waals surface area (Å²) in [5, 5.41) is 15.0. The van der Waals surface area contributed by atoms with E-state index in [1.54, 1.807) is 24.5 Å². The van der Waals surface area contributed by atoms with Gasteiger partial charge in [0.05, 0.1) is 5.69 Å². The van der Waals surface area contributed by atoms with Crippen LogP contribution in [0.4, 0.5) is 16.2 Å². The van der Waals surface area contributed by atoms with Gasteiger partial charge in [0.2, 0.25) is 0 Å². The van der Waals surface area contributed by atoms with Gasteiger partial charge in [-0.1, -0.05) is 11.6 Å². The molecule has 18 heavy (non-hydrogen) atoms. The minimum absolute atomic E-state index is 0.0516. The molecule has 0 fully saturated rings. The second kappa shape index (κ2) is 5.37. The van der Waals surface area contributed by atoms with Gasteiger partial charge in [-0.15, -0.1) is 0 Å². The van der Waals surface area contributed by atoms with E-state index in [4.69, 9.17) is 11.6 Å². The van der Waals surface area contributed by atoms with Crippen LogP contribution in [0.5, 0.6) is 5.75 Å². The van der Waals surface area contributed by atoms with E-state index in [1.807, 2.05) is 0 Å². The third-order valence-electron chi connectivity index (χ3n) is 2.14. The maximum absolute atomic E-state index is 11.6. The Morgan fingerprint density at radius 3 is 2.61 bits per heavy atom. The molecule has 0 bridgehead atoms. The monoisotopic (exact) mass is 263 g/mol. The van der Waals surface area contributed by atoms with Gasteiger partial charge >= 0.3 is 6.03 Å². The van der Waals surface area contributed by atoms with Crippen molar-refractivity contribution in [2.75, 3.05) is 10.6 Å². The second-order valence-corrected chi connectivity index (χ2v) is 3.91. The summed E-state index contributed by atoms with van der Waals surface area (Å²) in [5.74, 6) is -0.0516. The zero-order valence-corrected chi connectivity index (χ0v) is 9.98. The highest BCUT2D eigenvalue weighted by molar-refractivity contribution is 6.31. The summed E-state index contributed by atoms with van der Waals surface area (Å²) in [6.07, 6.45) is 3.12. The van der Waals surface area contributed by atoms with Crippen LogP contribution in [0, 0.1) is 0 Å². The summed E-state index contributed by atoms with van der Waals surface area (Å²) in [6, 6.07) is 7.23. The molecule has 0 radical (unpaired) electrons. The van der Waals surface area contributed by atoms with Crippen molar-refractivity contribution in [3.8, 4) is 5.75 Å². The lowest BCUT2D eigenvalue weighted by Crippen LogP contribution is -2.19. The number of benzene rings is 1. The minimum atomic E-state index is -0.473. The molecule has 3 N–H and O–H groups in total. The Morgan fingerprint density at radius 2 is 1.89 bits per heavy atom. The Labute approximate surface area is 108 Å². The Bertz CT molecular complexity index is 561. The highest BCUT2D eigenvalue weighted by Gasteiger charge is 2.06. The van der Waals surface area contributed by atoms with Crippen LogP contribution < -0.4 is 10.6 Å². The second-order valence-electron chi connectivity index (χ2n) is 3.48. The lowest BCUT2D eigenvalue weighted by molar-refractivity contribution is 0.262. The lowest BCUT2D eigenvalue weighted by Gasteiger charge is -2.09. The number of phenols is 1. The summed E-state index contributed by atoms with van der Waals surface area (Å²) in [7, 11) is 0. The van der Waals surface area contributed by atoms with Gasteiger partial charge in [-0.3, -0.25) is 4.98 Å². The number of halogens is 1. The van der Waals surface area contributed by atoms with Gasteiger partial charge in [0.25, 0.3) is 0 Å². The number of anilines is 2. The summed E-state index contributed by atoms with van der Waals surface area (Å²) in [4.78, 5) is 15.5. The number of phenolic OH excluding ortho intramolecular Hbond substituents is 1. The zero-order valence-electron chi connectivity index (χ0n) is 9.22. The molecule has 1 heterocycles. The molecule has 0 aliphatic carbocycles. The van der Waals surface area contributed by atoms with Gasteiger partial charge in [-0.05, 0) is 30.3 Å². The molecule has 2 amide bonds. The van der Waals surface area contributed by atoms with E-state index < -0.39 is 6.03 Å². The number of nitrogens with one attached hydrogen (secondary N) is 2. The summed E-state index contributed by atoms with van der Waals surface area (Å²) in [6.45, 7) is 0. The van der Waals surface area contributed by atoms with Crippen LogP contribution in [-0.4, -0.2) is 16.1 Å². The van der Waals surface area contributed by atoms with E-state index in [-0.39, 0.29) is 11.4 Å². The fourth-order valence-electron chi connectivity index (χ4n) is 1.33. The smallest absolute Gasteiger partial charge is 0.323 e. The topological polar surface area (TPSA) is 74.2 Å². The van der Waals surface area contributed by atoms with Crippen LogP contribution in [0.2, 0.25) is 5.02 Å². The number of hydrogen-bond acceptors (Lipinski definition) is 3. The van der Waals surface area contributed by atoms with Crippen LogP contribution in [0.25, 0.3) is 0 Å². The largest absolute Gasteiger partial charge is 0.506 e. The zero-order chi connectivity index (χ0) is 13.0. The van der Waals surface area contributed by atoms with Crippen LogP contribution in [0.3, 0.4) is 0 Å². The average Bonchev–Trinajstić information content (AvgIpc) is 2.35. The van der Waals surface area contributed by atoms with E-state index in [2.05, 4.69) is 15.6 Å².